The van der Waals surface area contributed by atoms with Crippen molar-refractivity contribution in [3.63, 3.8) is 0 Å². The number of rotatable bonds is 6. The van der Waals surface area contributed by atoms with Crippen LogP contribution in [0.15, 0.2) is 66.0 Å². The Balaban J connectivity index is 1.74. The molecule has 0 atom stereocenters. The monoisotopic (exact) mass is 351 g/mol. The Morgan fingerprint density at radius 1 is 1.04 bits per heavy atom. The normalized spacial score (nSPS) is 10.5. The maximum Gasteiger partial charge on any atom is 0.264 e. The van der Waals surface area contributed by atoms with Crippen LogP contribution in [-0.2, 0) is 6.54 Å². The maximum atomic E-state index is 12.9. The predicted molar refractivity (Wildman–Crippen MR) is 103 cm³/mol. The molecule has 3 aromatic rings. The highest BCUT2D eigenvalue weighted by Crippen LogP contribution is 2.29. The first kappa shape index (κ1) is 17.2. The minimum Gasteiger partial charge on any atom is -0.494 e. The molecular formula is C21H21NO2S. The van der Waals surface area contributed by atoms with Gasteiger partial charge in [0.2, 0.25) is 0 Å². The van der Waals surface area contributed by atoms with E-state index in [-0.39, 0.29) is 5.91 Å². The fourth-order valence-corrected chi connectivity index (χ4v) is 3.61. The van der Waals surface area contributed by atoms with Gasteiger partial charge in [0.25, 0.3) is 5.91 Å². The van der Waals surface area contributed by atoms with Gasteiger partial charge in [0.05, 0.1) is 11.5 Å². The molecule has 0 N–H and O–H groups in total. The summed E-state index contributed by atoms with van der Waals surface area (Å²) >= 11 is 1.49. The summed E-state index contributed by atoms with van der Waals surface area (Å²) in [5.74, 6) is 0.896. The Bertz CT molecular complexity index is 825. The van der Waals surface area contributed by atoms with Crippen LogP contribution in [0.1, 0.15) is 22.2 Å². The van der Waals surface area contributed by atoms with Gasteiger partial charge in [-0.05, 0) is 41.6 Å². The SMILES string of the molecule is CCOc1ccc(CN(C)C(=O)c2sccc2-c2ccccc2)cc1. The van der Waals surface area contributed by atoms with Gasteiger partial charge in [-0.25, -0.2) is 0 Å². The molecule has 1 heterocycles. The van der Waals surface area contributed by atoms with E-state index in [1.807, 2.05) is 80.0 Å². The van der Waals surface area contributed by atoms with Gasteiger partial charge in [0, 0.05) is 19.2 Å². The molecule has 3 rings (SSSR count). The smallest absolute Gasteiger partial charge is 0.264 e. The van der Waals surface area contributed by atoms with Gasteiger partial charge in [0.15, 0.2) is 0 Å². The lowest BCUT2D eigenvalue weighted by atomic mass is 10.1. The average Bonchev–Trinajstić information content (AvgIpc) is 3.13. The molecule has 0 aliphatic rings. The predicted octanol–water partition coefficient (Wildman–Crippen LogP) is 5.09. The molecule has 0 saturated carbocycles. The maximum absolute atomic E-state index is 12.9. The number of amides is 1. The molecular weight excluding hydrogens is 330 g/mol. The first-order chi connectivity index (χ1) is 12.2. The van der Waals surface area contributed by atoms with Crippen molar-refractivity contribution in [3.8, 4) is 16.9 Å². The second kappa shape index (κ2) is 7.99. The molecule has 0 fully saturated rings. The zero-order valence-corrected chi connectivity index (χ0v) is 15.3. The average molecular weight is 351 g/mol. The molecule has 0 aliphatic heterocycles. The minimum absolute atomic E-state index is 0.0442. The van der Waals surface area contributed by atoms with E-state index >= 15 is 0 Å². The van der Waals surface area contributed by atoms with E-state index in [9.17, 15) is 4.79 Å². The van der Waals surface area contributed by atoms with Crippen LogP contribution in [0.2, 0.25) is 0 Å². The summed E-state index contributed by atoms with van der Waals surface area (Å²) < 4.78 is 5.46. The number of hydrogen-bond acceptors (Lipinski definition) is 3. The lowest BCUT2D eigenvalue weighted by Crippen LogP contribution is -2.25. The summed E-state index contributed by atoms with van der Waals surface area (Å²) in [5, 5.41) is 1.97. The molecule has 1 amide bonds. The molecule has 0 aliphatic carbocycles. The molecule has 1 aromatic heterocycles. The molecule has 2 aromatic carbocycles. The Kier molecular flexibility index (Phi) is 5.51. The fourth-order valence-electron chi connectivity index (χ4n) is 2.70. The summed E-state index contributed by atoms with van der Waals surface area (Å²) in [6, 6.07) is 19.9. The lowest BCUT2D eigenvalue weighted by molar-refractivity contribution is 0.0790. The highest BCUT2D eigenvalue weighted by Gasteiger charge is 2.18. The van der Waals surface area contributed by atoms with Gasteiger partial charge >= 0.3 is 0 Å². The van der Waals surface area contributed by atoms with E-state index in [2.05, 4.69) is 0 Å². The van der Waals surface area contributed by atoms with Crippen molar-refractivity contribution in [2.24, 2.45) is 0 Å². The summed E-state index contributed by atoms with van der Waals surface area (Å²) in [7, 11) is 1.84. The highest BCUT2D eigenvalue weighted by molar-refractivity contribution is 7.12. The third kappa shape index (κ3) is 4.09. The summed E-state index contributed by atoms with van der Waals surface area (Å²) in [5.41, 5.74) is 3.15. The Morgan fingerprint density at radius 2 is 1.76 bits per heavy atom. The van der Waals surface area contributed by atoms with E-state index in [1.165, 1.54) is 11.3 Å². The molecule has 25 heavy (non-hydrogen) atoms. The summed E-state index contributed by atoms with van der Waals surface area (Å²) in [6.07, 6.45) is 0. The first-order valence-corrected chi connectivity index (χ1v) is 9.17. The standard InChI is InChI=1S/C21H21NO2S/c1-3-24-18-11-9-16(10-12-18)15-22(2)21(23)20-19(13-14-25-20)17-7-5-4-6-8-17/h4-14H,3,15H2,1-2H3. The zero-order chi connectivity index (χ0) is 17.6. The van der Waals surface area contributed by atoms with Crippen LogP contribution < -0.4 is 4.74 Å². The molecule has 0 spiro atoms. The fraction of sp³-hybridized carbons (Fsp3) is 0.190. The largest absolute Gasteiger partial charge is 0.494 e. The molecule has 0 radical (unpaired) electrons. The van der Waals surface area contributed by atoms with Crippen LogP contribution in [-0.4, -0.2) is 24.5 Å². The Hall–Kier alpha value is -2.59. The van der Waals surface area contributed by atoms with Crippen molar-refractivity contribution >= 4 is 17.2 Å². The van der Waals surface area contributed by atoms with E-state index in [0.717, 1.165) is 27.3 Å². The summed E-state index contributed by atoms with van der Waals surface area (Å²) in [4.78, 5) is 15.4. The van der Waals surface area contributed by atoms with Crippen LogP contribution >= 0.6 is 11.3 Å². The lowest BCUT2D eigenvalue weighted by Gasteiger charge is -2.18. The third-order valence-electron chi connectivity index (χ3n) is 3.95. The third-order valence-corrected chi connectivity index (χ3v) is 4.85. The quantitative estimate of drug-likeness (QED) is 0.619. The first-order valence-electron chi connectivity index (χ1n) is 8.29. The van der Waals surface area contributed by atoms with Gasteiger partial charge in [-0.1, -0.05) is 42.5 Å². The minimum atomic E-state index is 0.0442. The number of nitrogens with zero attached hydrogens (tertiary/aromatic N) is 1. The van der Waals surface area contributed by atoms with Gasteiger partial charge in [-0.2, -0.15) is 0 Å². The van der Waals surface area contributed by atoms with Crippen LogP contribution in [0, 0.1) is 0 Å². The number of carbonyl (C=O) groups excluding carboxylic acids is 1. The topological polar surface area (TPSA) is 29.5 Å². The van der Waals surface area contributed by atoms with E-state index in [1.54, 1.807) is 4.90 Å². The number of ether oxygens (including phenoxy) is 1. The van der Waals surface area contributed by atoms with Crippen molar-refractivity contribution in [1.29, 1.82) is 0 Å². The molecule has 0 saturated heterocycles. The van der Waals surface area contributed by atoms with Crippen molar-refractivity contribution in [2.45, 2.75) is 13.5 Å². The Labute approximate surface area is 152 Å². The van der Waals surface area contributed by atoms with Crippen molar-refractivity contribution in [1.82, 2.24) is 4.90 Å². The van der Waals surface area contributed by atoms with Gasteiger partial charge in [-0.15, -0.1) is 11.3 Å². The molecule has 4 heteroatoms. The van der Waals surface area contributed by atoms with Crippen LogP contribution in [0.4, 0.5) is 0 Å². The Morgan fingerprint density at radius 3 is 2.44 bits per heavy atom. The molecule has 0 unspecified atom stereocenters. The second-order valence-corrected chi connectivity index (χ2v) is 6.68. The second-order valence-electron chi connectivity index (χ2n) is 5.77. The summed E-state index contributed by atoms with van der Waals surface area (Å²) in [6.45, 7) is 3.18. The zero-order valence-electron chi connectivity index (χ0n) is 14.4. The van der Waals surface area contributed by atoms with Crippen LogP contribution in [0.3, 0.4) is 0 Å². The molecule has 128 valence electrons. The van der Waals surface area contributed by atoms with Gasteiger partial charge in [0.1, 0.15) is 5.75 Å². The van der Waals surface area contributed by atoms with Crippen molar-refractivity contribution < 1.29 is 9.53 Å². The van der Waals surface area contributed by atoms with Gasteiger partial charge in [-0.3, -0.25) is 4.79 Å². The van der Waals surface area contributed by atoms with Crippen LogP contribution in [0.25, 0.3) is 11.1 Å². The van der Waals surface area contributed by atoms with E-state index in [4.69, 9.17) is 4.74 Å². The van der Waals surface area contributed by atoms with Crippen LogP contribution in [0.5, 0.6) is 5.75 Å². The van der Waals surface area contributed by atoms with E-state index < -0.39 is 0 Å². The number of hydrogen-bond donors (Lipinski definition) is 0. The number of benzene rings is 2. The van der Waals surface area contributed by atoms with E-state index in [0.29, 0.717) is 13.2 Å². The molecule has 3 nitrogen and oxygen atoms in total. The highest BCUT2D eigenvalue weighted by atomic mass is 32.1. The number of thiophene rings is 1. The van der Waals surface area contributed by atoms with Crippen molar-refractivity contribution in [3.05, 3.63) is 76.5 Å². The number of carbonyl (C=O) groups is 1. The molecule has 0 bridgehead atoms. The van der Waals surface area contributed by atoms with Crippen molar-refractivity contribution in [2.75, 3.05) is 13.7 Å². The van der Waals surface area contributed by atoms with Gasteiger partial charge < -0.3 is 9.64 Å².